The second kappa shape index (κ2) is 10.1. The Kier molecular flexibility index (Phi) is 9.99. The van der Waals surface area contributed by atoms with Crippen LogP contribution in [0.25, 0.3) is 0 Å². The minimum absolute atomic E-state index is 0.0956. The number of aliphatic hydroxyl groups is 1. The summed E-state index contributed by atoms with van der Waals surface area (Å²) in [4.78, 5) is 0. The highest BCUT2D eigenvalue weighted by molar-refractivity contribution is 4.71. The van der Waals surface area contributed by atoms with Crippen LogP contribution in [0.5, 0.6) is 0 Å². The lowest BCUT2D eigenvalue weighted by atomic mass is 10.1. The minimum atomic E-state index is -0.0956. The first-order valence-corrected chi connectivity index (χ1v) is 6.58. The van der Waals surface area contributed by atoms with Crippen LogP contribution in [-0.2, 0) is 4.74 Å². The molecule has 0 fully saturated rings. The molecule has 0 heterocycles. The van der Waals surface area contributed by atoms with Crippen molar-refractivity contribution >= 4 is 0 Å². The molecule has 0 aromatic carbocycles. The van der Waals surface area contributed by atoms with Crippen LogP contribution in [0.2, 0.25) is 0 Å². The molecule has 0 radical (unpaired) electrons. The van der Waals surface area contributed by atoms with E-state index in [0.29, 0.717) is 0 Å². The molecule has 0 saturated carbocycles. The van der Waals surface area contributed by atoms with E-state index in [1.165, 1.54) is 19.3 Å². The largest absolute Gasteiger partial charge is 0.396 e. The Labute approximate surface area is 101 Å². The molecule has 0 spiro atoms. The first-order chi connectivity index (χ1) is 7.62. The molecule has 3 nitrogen and oxygen atoms in total. The Morgan fingerprint density at radius 1 is 1.12 bits per heavy atom. The summed E-state index contributed by atoms with van der Waals surface area (Å²) >= 11 is 0. The van der Waals surface area contributed by atoms with Gasteiger partial charge in [0.05, 0.1) is 5.60 Å². The Bertz CT molecular complexity index is 149. The van der Waals surface area contributed by atoms with E-state index in [4.69, 9.17) is 9.84 Å². The van der Waals surface area contributed by atoms with E-state index in [1.54, 1.807) is 0 Å². The molecular formula is C13H29NO2. The highest BCUT2D eigenvalue weighted by Gasteiger charge is 2.16. The predicted octanol–water partition coefficient (Wildman–Crippen LogP) is 2.33. The highest BCUT2D eigenvalue weighted by atomic mass is 16.5. The minimum Gasteiger partial charge on any atom is -0.396 e. The fraction of sp³-hybridized carbons (Fsp3) is 1.00. The van der Waals surface area contributed by atoms with E-state index >= 15 is 0 Å². The second-order valence-corrected chi connectivity index (χ2v) is 4.92. The van der Waals surface area contributed by atoms with Crippen molar-refractivity contribution in [2.24, 2.45) is 0 Å². The average molecular weight is 231 g/mol. The van der Waals surface area contributed by atoms with Crippen molar-refractivity contribution in [3.63, 3.8) is 0 Å². The Morgan fingerprint density at radius 3 is 2.50 bits per heavy atom. The molecule has 0 aliphatic rings. The van der Waals surface area contributed by atoms with Crippen LogP contribution in [0, 0.1) is 0 Å². The third-order valence-electron chi connectivity index (χ3n) is 2.55. The third kappa shape index (κ3) is 10.4. The number of aliphatic hydroxyl groups excluding tert-OH is 1. The zero-order valence-corrected chi connectivity index (χ0v) is 11.2. The quantitative estimate of drug-likeness (QED) is 0.536. The van der Waals surface area contributed by atoms with Crippen molar-refractivity contribution in [1.29, 1.82) is 0 Å². The number of hydrogen-bond acceptors (Lipinski definition) is 3. The summed E-state index contributed by atoms with van der Waals surface area (Å²) in [5.41, 5.74) is -0.0956. The third-order valence-corrected chi connectivity index (χ3v) is 2.55. The van der Waals surface area contributed by atoms with Gasteiger partial charge >= 0.3 is 0 Å². The molecule has 0 aliphatic heterocycles. The van der Waals surface area contributed by atoms with Gasteiger partial charge in [-0.15, -0.1) is 0 Å². The summed E-state index contributed by atoms with van der Waals surface area (Å²) in [6.07, 6.45) is 5.58. The van der Waals surface area contributed by atoms with Crippen molar-refractivity contribution < 1.29 is 9.84 Å². The molecule has 0 atom stereocenters. The SMILES string of the molecule is CCCCCNCC(C)(C)OCCCCO. The van der Waals surface area contributed by atoms with E-state index in [0.717, 1.165) is 32.5 Å². The van der Waals surface area contributed by atoms with Gasteiger partial charge in [0.15, 0.2) is 0 Å². The van der Waals surface area contributed by atoms with Crippen LogP contribution in [0.3, 0.4) is 0 Å². The molecule has 0 saturated heterocycles. The van der Waals surface area contributed by atoms with Crippen LogP contribution in [0.4, 0.5) is 0 Å². The first kappa shape index (κ1) is 15.9. The van der Waals surface area contributed by atoms with Crippen LogP contribution in [-0.4, -0.2) is 37.0 Å². The Balaban J connectivity index is 3.38. The first-order valence-electron chi connectivity index (χ1n) is 6.58. The number of ether oxygens (including phenoxy) is 1. The van der Waals surface area contributed by atoms with Crippen molar-refractivity contribution in [2.45, 2.75) is 58.5 Å². The second-order valence-electron chi connectivity index (χ2n) is 4.92. The molecule has 3 heteroatoms. The van der Waals surface area contributed by atoms with Gasteiger partial charge in [0.25, 0.3) is 0 Å². The van der Waals surface area contributed by atoms with Crippen LogP contribution < -0.4 is 5.32 Å². The van der Waals surface area contributed by atoms with E-state index < -0.39 is 0 Å². The number of hydrogen-bond donors (Lipinski definition) is 2. The van der Waals surface area contributed by atoms with Gasteiger partial charge in [0.1, 0.15) is 0 Å². The summed E-state index contributed by atoms with van der Waals surface area (Å²) < 4.78 is 5.76. The normalized spacial score (nSPS) is 12.0. The molecule has 0 rings (SSSR count). The molecular weight excluding hydrogens is 202 g/mol. The van der Waals surface area contributed by atoms with Gasteiger partial charge in [-0.25, -0.2) is 0 Å². The zero-order valence-electron chi connectivity index (χ0n) is 11.2. The zero-order chi connectivity index (χ0) is 12.3. The van der Waals surface area contributed by atoms with Crippen LogP contribution in [0.15, 0.2) is 0 Å². The lowest BCUT2D eigenvalue weighted by molar-refractivity contribution is -0.0188. The van der Waals surface area contributed by atoms with Crippen LogP contribution in [0.1, 0.15) is 52.9 Å². The molecule has 0 unspecified atom stereocenters. The van der Waals surface area contributed by atoms with E-state index in [2.05, 4.69) is 26.1 Å². The lowest BCUT2D eigenvalue weighted by Gasteiger charge is -2.25. The monoisotopic (exact) mass is 231 g/mol. The summed E-state index contributed by atoms with van der Waals surface area (Å²) in [7, 11) is 0. The van der Waals surface area contributed by atoms with Gasteiger partial charge in [-0.3, -0.25) is 0 Å². The molecule has 16 heavy (non-hydrogen) atoms. The topological polar surface area (TPSA) is 41.5 Å². The van der Waals surface area contributed by atoms with Crippen molar-refractivity contribution in [2.75, 3.05) is 26.3 Å². The van der Waals surface area contributed by atoms with Crippen molar-refractivity contribution in [3.05, 3.63) is 0 Å². The van der Waals surface area contributed by atoms with Gasteiger partial charge in [-0.1, -0.05) is 19.8 Å². The van der Waals surface area contributed by atoms with Crippen LogP contribution >= 0.6 is 0 Å². The van der Waals surface area contributed by atoms with E-state index in [1.807, 2.05) is 0 Å². The van der Waals surface area contributed by atoms with E-state index in [9.17, 15) is 0 Å². The molecule has 2 N–H and O–H groups in total. The molecule has 0 bridgehead atoms. The summed E-state index contributed by atoms with van der Waals surface area (Å²) in [6.45, 7) is 9.42. The standard InChI is InChI=1S/C13H29NO2/c1-4-5-6-9-14-12-13(2,3)16-11-8-7-10-15/h14-15H,4-12H2,1-3H3. The van der Waals surface area contributed by atoms with Gasteiger partial charge in [0.2, 0.25) is 0 Å². The fourth-order valence-electron chi connectivity index (χ4n) is 1.50. The molecule has 0 aliphatic carbocycles. The van der Waals surface area contributed by atoms with Gasteiger partial charge in [0, 0.05) is 19.8 Å². The highest BCUT2D eigenvalue weighted by Crippen LogP contribution is 2.08. The van der Waals surface area contributed by atoms with Crippen molar-refractivity contribution in [1.82, 2.24) is 5.32 Å². The molecule has 0 aromatic rings. The molecule has 0 amide bonds. The molecule has 98 valence electrons. The van der Waals surface area contributed by atoms with E-state index in [-0.39, 0.29) is 12.2 Å². The number of nitrogens with one attached hydrogen (secondary N) is 1. The van der Waals surface area contributed by atoms with Gasteiger partial charge in [-0.05, 0) is 39.7 Å². The summed E-state index contributed by atoms with van der Waals surface area (Å²) in [5, 5.41) is 12.1. The number of unbranched alkanes of at least 4 members (excludes halogenated alkanes) is 3. The fourth-order valence-corrected chi connectivity index (χ4v) is 1.50. The molecule has 0 aromatic heterocycles. The summed E-state index contributed by atoms with van der Waals surface area (Å²) in [5.74, 6) is 0. The Hall–Kier alpha value is -0.120. The maximum absolute atomic E-state index is 8.65. The maximum atomic E-state index is 8.65. The predicted molar refractivity (Wildman–Crippen MR) is 68.7 cm³/mol. The maximum Gasteiger partial charge on any atom is 0.0750 e. The average Bonchev–Trinajstić information content (AvgIpc) is 2.24. The van der Waals surface area contributed by atoms with Gasteiger partial charge < -0.3 is 15.2 Å². The van der Waals surface area contributed by atoms with Gasteiger partial charge in [-0.2, -0.15) is 0 Å². The lowest BCUT2D eigenvalue weighted by Crippen LogP contribution is -2.38. The number of rotatable bonds is 11. The van der Waals surface area contributed by atoms with Crippen molar-refractivity contribution in [3.8, 4) is 0 Å². The summed E-state index contributed by atoms with van der Waals surface area (Å²) in [6, 6.07) is 0. The smallest absolute Gasteiger partial charge is 0.0750 e. The Morgan fingerprint density at radius 2 is 1.88 bits per heavy atom.